The van der Waals surface area contributed by atoms with Gasteiger partial charge < -0.3 is 5.32 Å². The van der Waals surface area contributed by atoms with Crippen LogP contribution in [0.25, 0.3) is 0 Å². The van der Waals surface area contributed by atoms with Crippen molar-refractivity contribution < 1.29 is 8.42 Å². The summed E-state index contributed by atoms with van der Waals surface area (Å²) in [7, 11) is -3.43. The standard InChI is InChI=1S/C3H9N3O2S/c4-9(7,8)6-2-1-5-3-6/h5H,1-3H2,(H2,4,7,8). The average molecular weight is 151 g/mol. The van der Waals surface area contributed by atoms with E-state index in [1.54, 1.807) is 0 Å². The first-order valence-corrected chi connectivity index (χ1v) is 4.09. The summed E-state index contributed by atoms with van der Waals surface area (Å²) in [6.45, 7) is 1.52. The zero-order chi connectivity index (χ0) is 6.91. The van der Waals surface area contributed by atoms with Crippen molar-refractivity contribution in [3.8, 4) is 0 Å². The van der Waals surface area contributed by atoms with Crippen LogP contribution in [0.15, 0.2) is 0 Å². The van der Waals surface area contributed by atoms with Crippen LogP contribution in [0.3, 0.4) is 0 Å². The molecular formula is C3H9N3O2S. The van der Waals surface area contributed by atoms with Gasteiger partial charge in [-0.25, -0.2) is 5.14 Å². The molecule has 1 aliphatic heterocycles. The Kier molecular flexibility index (Phi) is 1.71. The minimum atomic E-state index is -3.43. The molecule has 1 heterocycles. The van der Waals surface area contributed by atoms with Gasteiger partial charge in [-0.1, -0.05) is 0 Å². The topological polar surface area (TPSA) is 75.4 Å². The highest BCUT2D eigenvalue weighted by Crippen LogP contribution is 1.95. The first kappa shape index (κ1) is 6.94. The van der Waals surface area contributed by atoms with Gasteiger partial charge in [-0.15, -0.1) is 0 Å². The number of nitrogens with two attached hydrogens (primary N) is 1. The monoisotopic (exact) mass is 151 g/mol. The number of hydrogen-bond acceptors (Lipinski definition) is 3. The van der Waals surface area contributed by atoms with Crippen molar-refractivity contribution >= 4 is 10.2 Å². The Hall–Kier alpha value is -0.170. The van der Waals surface area contributed by atoms with Gasteiger partial charge in [0.05, 0.1) is 6.67 Å². The highest BCUT2D eigenvalue weighted by atomic mass is 32.2. The van der Waals surface area contributed by atoms with Crippen LogP contribution in [0.2, 0.25) is 0 Å². The maximum atomic E-state index is 10.5. The maximum absolute atomic E-state index is 10.5. The molecule has 0 aromatic rings. The van der Waals surface area contributed by atoms with Crippen LogP contribution >= 0.6 is 0 Å². The predicted octanol–water partition coefficient (Wildman–Crippen LogP) is -1.95. The van der Waals surface area contributed by atoms with E-state index in [1.807, 2.05) is 0 Å². The summed E-state index contributed by atoms with van der Waals surface area (Å²) in [5.41, 5.74) is 0. The molecule has 6 heteroatoms. The quantitative estimate of drug-likeness (QED) is 0.457. The molecular weight excluding hydrogens is 142 g/mol. The fraction of sp³-hybridized carbons (Fsp3) is 1.00. The fourth-order valence-corrected chi connectivity index (χ4v) is 1.32. The molecule has 3 N–H and O–H groups in total. The Morgan fingerprint density at radius 2 is 2.22 bits per heavy atom. The zero-order valence-electron chi connectivity index (χ0n) is 4.87. The van der Waals surface area contributed by atoms with E-state index in [1.165, 1.54) is 4.31 Å². The van der Waals surface area contributed by atoms with E-state index in [4.69, 9.17) is 5.14 Å². The summed E-state index contributed by atoms with van der Waals surface area (Å²) in [6.07, 6.45) is 0. The summed E-state index contributed by atoms with van der Waals surface area (Å²) in [5.74, 6) is 0. The SMILES string of the molecule is NS(=O)(=O)N1CCNC1. The minimum Gasteiger partial charge on any atom is -0.302 e. The van der Waals surface area contributed by atoms with Gasteiger partial charge in [0.25, 0.3) is 10.2 Å². The predicted molar refractivity (Wildman–Crippen MR) is 32.7 cm³/mol. The lowest BCUT2D eigenvalue weighted by Crippen LogP contribution is -2.35. The first-order chi connectivity index (χ1) is 4.11. The first-order valence-electron chi connectivity index (χ1n) is 2.59. The normalized spacial score (nSPS) is 22.8. The van der Waals surface area contributed by atoms with Crippen molar-refractivity contribution in [2.75, 3.05) is 19.8 Å². The van der Waals surface area contributed by atoms with Gasteiger partial charge >= 0.3 is 0 Å². The molecule has 1 aliphatic rings. The van der Waals surface area contributed by atoms with Crippen molar-refractivity contribution in [1.29, 1.82) is 0 Å². The molecule has 0 spiro atoms. The van der Waals surface area contributed by atoms with Crippen molar-refractivity contribution in [1.82, 2.24) is 9.62 Å². The summed E-state index contributed by atoms with van der Waals surface area (Å²) < 4.78 is 22.2. The van der Waals surface area contributed by atoms with E-state index >= 15 is 0 Å². The summed E-state index contributed by atoms with van der Waals surface area (Å²) in [5, 5.41) is 7.64. The second-order valence-corrected chi connectivity index (χ2v) is 3.42. The minimum absolute atomic E-state index is 0.346. The van der Waals surface area contributed by atoms with Crippen LogP contribution in [0.5, 0.6) is 0 Å². The second-order valence-electron chi connectivity index (χ2n) is 1.88. The summed E-state index contributed by atoms with van der Waals surface area (Å²) in [6, 6.07) is 0. The third kappa shape index (κ3) is 1.62. The Labute approximate surface area is 54.0 Å². The van der Waals surface area contributed by atoms with E-state index < -0.39 is 10.2 Å². The largest absolute Gasteiger partial charge is 0.302 e. The molecule has 0 bridgehead atoms. The molecule has 0 aromatic carbocycles. The summed E-state index contributed by atoms with van der Waals surface area (Å²) in [4.78, 5) is 0. The molecule has 5 nitrogen and oxygen atoms in total. The zero-order valence-corrected chi connectivity index (χ0v) is 5.69. The lowest BCUT2D eigenvalue weighted by atomic mass is 10.7. The van der Waals surface area contributed by atoms with Gasteiger partial charge in [0.1, 0.15) is 0 Å². The molecule has 54 valence electrons. The lowest BCUT2D eigenvalue weighted by molar-refractivity contribution is 0.475. The molecule has 0 radical (unpaired) electrons. The fourth-order valence-electron chi connectivity index (χ4n) is 0.704. The van der Waals surface area contributed by atoms with E-state index in [2.05, 4.69) is 5.32 Å². The molecule has 1 fully saturated rings. The average Bonchev–Trinajstić information content (AvgIpc) is 2.08. The van der Waals surface area contributed by atoms with E-state index in [0.717, 1.165) is 0 Å². The lowest BCUT2D eigenvalue weighted by Gasteiger charge is -2.08. The number of rotatable bonds is 1. The van der Waals surface area contributed by atoms with Crippen molar-refractivity contribution in [3.63, 3.8) is 0 Å². The molecule has 1 saturated heterocycles. The van der Waals surface area contributed by atoms with Crippen molar-refractivity contribution in [2.24, 2.45) is 5.14 Å². The molecule has 0 atom stereocenters. The Morgan fingerprint density at radius 1 is 1.56 bits per heavy atom. The molecule has 1 rings (SSSR count). The van der Waals surface area contributed by atoms with Gasteiger partial charge in [0, 0.05) is 13.1 Å². The highest BCUT2D eigenvalue weighted by Gasteiger charge is 2.19. The highest BCUT2D eigenvalue weighted by molar-refractivity contribution is 7.86. The van der Waals surface area contributed by atoms with Gasteiger partial charge in [-0.2, -0.15) is 12.7 Å². The molecule has 9 heavy (non-hydrogen) atoms. The maximum Gasteiger partial charge on any atom is 0.278 e. The van der Waals surface area contributed by atoms with Crippen LogP contribution in [0, 0.1) is 0 Å². The Balaban J connectivity index is 2.63. The number of hydrogen-bond donors (Lipinski definition) is 2. The molecule has 0 amide bonds. The van der Waals surface area contributed by atoms with Gasteiger partial charge in [-0.05, 0) is 0 Å². The molecule has 0 aromatic heterocycles. The third-order valence-corrected chi connectivity index (χ3v) is 2.22. The number of nitrogens with one attached hydrogen (secondary N) is 1. The van der Waals surface area contributed by atoms with Gasteiger partial charge in [0.15, 0.2) is 0 Å². The summed E-state index contributed by atoms with van der Waals surface area (Å²) >= 11 is 0. The molecule has 0 aliphatic carbocycles. The van der Waals surface area contributed by atoms with E-state index in [-0.39, 0.29) is 0 Å². The Bertz CT molecular complexity index is 181. The van der Waals surface area contributed by atoms with E-state index in [0.29, 0.717) is 19.8 Å². The van der Waals surface area contributed by atoms with Crippen LogP contribution in [0.4, 0.5) is 0 Å². The van der Waals surface area contributed by atoms with Crippen LogP contribution < -0.4 is 10.5 Å². The van der Waals surface area contributed by atoms with Gasteiger partial charge in [-0.3, -0.25) is 0 Å². The number of nitrogens with zero attached hydrogens (tertiary/aromatic N) is 1. The van der Waals surface area contributed by atoms with Crippen LogP contribution in [-0.4, -0.2) is 32.5 Å². The van der Waals surface area contributed by atoms with Crippen molar-refractivity contribution in [3.05, 3.63) is 0 Å². The smallest absolute Gasteiger partial charge is 0.278 e. The molecule has 0 saturated carbocycles. The third-order valence-electron chi connectivity index (χ3n) is 1.19. The van der Waals surface area contributed by atoms with E-state index in [9.17, 15) is 8.42 Å². The van der Waals surface area contributed by atoms with Crippen LogP contribution in [-0.2, 0) is 10.2 Å². The van der Waals surface area contributed by atoms with Crippen LogP contribution in [0.1, 0.15) is 0 Å². The second kappa shape index (κ2) is 2.22. The Morgan fingerprint density at radius 3 is 2.44 bits per heavy atom. The molecule has 0 unspecified atom stereocenters. The van der Waals surface area contributed by atoms with Gasteiger partial charge in [0.2, 0.25) is 0 Å². The van der Waals surface area contributed by atoms with Crippen molar-refractivity contribution in [2.45, 2.75) is 0 Å².